The number of carbonyl (C=O) groups is 1. The minimum absolute atomic E-state index is 0.198. The Hall–Kier alpha value is -3.51. The van der Waals surface area contributed by atoms with Crippen LogP contribution in [0, 0.1) is 0 Å². The Balaban J connectivity index is 1.37. The third kappa shape index (κ3) is 2.96. The second kappa shape index (κ2) is 6.34. The van der Waals surface area contributed by atoms with Gasteiger partial charge in [-0.2, -0.15) is 0 Å². The highest BCUT2D eigenvalue weighted by Crippen LogP contribution is 2.24. The van der Waals surface area contributed by atoms with E-state index in [-0.39, 0.29) is 5.91 Å². The summed E-state index contributed by atoms with van der Waals surface area (Å²) in [5.41, 5.74) is 4.37. The third-order valence-corrected chi connectivity index (χ3v) is 5.33. The number of fused-ring (bicyclic) bond motifs is 2. The molecule has 1 amide bonds. The Morgan fingerprint density at radius 3 is 2.56 bits per heavy atom. The number of pyridine rings is 1. The molecule has 0 aliphatic rings. The number of benzene rings is 2. The molecule has 0 unspecified atom stereocenters. The standard InChI is InChI=1S/C21H14N4OS/c26-20(21-24-16-5-1-2-6-18(16)27-21)22-15-10-8-14(9-11-15)17-13-25-12-4-3-7-19(25)23-17/h1-13H,(H,22,26). The number of imidazole rings is 1. The number of para-hydroxylation sites is 1. The van der Waals surface area contributed by atoms with Gasteiger partial charge < -0.3 is 9.72 Å². The summed E-state index contributed by atoms with van der Waals surface area (Å²) in [5, 5.41) is 3.37. The predicted octanol–water partition coefficient (Wildman–Crippen LogP) is 4.86. The van der Waals surface area contributed by atoms with Crippen molar-refractivity contribution in [1.29, 1.82) is 0 Å². The minimum Gasteiger partial charge on any atom is -0.320 e. The van der Waals surface area contributed by atoms with Gasteiger partial charge in [-0.15, -0.1) is 11.3 Å². The minimum atomic E-state index is -0.198. The molecule has 3 aromatic heterocycles. The zero-order valence-corrected chi connectivity index (χ0v) is 15.0. The summed E-state index contributed by atoms with van der Waals surface area (Å²) in [6, 6.07) is 21.3. The van der Waals surface area contributed by atoms with Gasteiger partial charge >= 0.3 is 0 Å². The van der Waals surface area contributed by atoms with Gasteiger partial charge in [0.05, 0.1) is 15.9 Å². The van der Waals surface area contributed by atoms with Crippen LogP contribution in [0.3, 0.4) is 0 Å². The first-order valence-corrected chi connectivity index (χ1v) is 9.29. The van der Waals surface area contributed by atoms with E-state index in [4.69, 9.17) is 0 Å². The number of amides is 1. The highest BCUT2D eigenvalue weighted by Gasteiger charge is 2.12. The fourth-order valence-corrected chi connectivity index (χ4v) is 3.81. The van der Waals surface area contributed by atoms with E-state index in [1.54, 1.807) is 0 Å². The molecule has 5 aromatic rings. The highest BCUT2D eigenvalue weighted by molar-refractivity contribution is 7.20. The molecule has 0 fully saturated rings. The molecule has 0 spiro atoms. The van der Waals surface area contributed by atoms with Crippen molar-refractivity contribution in [3.05, 3.63) is 84.1 Å². The molecule has 6 heteroatoms. The first-order valence-electron chi connectivity index (χ1n) is 8.47. The molecule has 1 N–H and O–H groups in total. The van der Waals surface area contributed by atoms with Gasteiger partial charge in [0.25, 0.3) is 5.91 Å². The molecule has 27 heavy (non-hydrogen) atoms. The topological polar surface area (TPSA) is 59.3 Å². The molecule has 5 rings (SSSR count). The predicted molar refractivity (Wildman–Crippen MR) is 108 cm³/mol. The quantitative estimate of drug-likeness (QED) is 0.493. The van der Waals surface area contributed by atoms with Crippen LogP contribution in [0.1, 0.15) is 9.80 Å². The molecule has 130 valence electrons. The molecule has 0 saturated heterocycles. The lowest BCUT2D eigenvalue weighted by molar-refractivity contribution is 0.102. The number of hydrogen-bond donors (Lipinski definition) is 1. The van der Waals surface area contributed by atoms with Gasteiger partial charge in [-0.1, -0.05) is 30.3 Å². The smallest absolute Gasteiger partial charge is 0.284 e. The fraction of sp³-hybridized carbons (Fsp3) is 0. The third-order valence-electron chi connectivity index (χ3n) is 4.29. The number of nitrogens with one attached hydrogen (secondary N) is 1. The van der Waals surface area contributed by atoms with E-state index in [9.17, 15) is 4.79 Å². The van der Waals surface area contributed by atoms with E-state index in [1.165, 1.54) is 11.3 Å². The van der Waals surface area contributed by atoms with Gasteiger partial charge in [0.2, 0.25) is 0 Å². The fourth-order valence-electron chi connectivity index (χ4n) is 2.95. The summed E-state index contributed by atoms with van der Waals surface area (Å²) < 4.78 is 2.99. The van der Waals surface area contributed by atoms with Crippen LogP contribution in [0.2, 0.25) is 0 Å². The van der Waals surface area contributed by atoms with E-state index < -0.39 is 0 Å². The summed E-state index contributed by atoms with van der Waals surface area (Å²) in [6.07, 6.45) is 3.96. The lowest BCUT2D eigenvalue weighted by atomic mass is 10.1. The lowest BCUT2D eigenvalue weighted by Crippen LogP contribution is -2.11. The van der Waals surface area contributed by atoms with Crippen LogP contribution in [0.15, 0.2) is 79.1 Å². The van der Waals surface area contributed by atoms with E-state index in [0.29, 0.717) is 5.01 Å². The van der Waals surface area contributed by atoms with Crippen molar-refractivity contribution in [1.82, 2.24) is 14.4 Å². The molecule has 2 aromatic carbocycles. The number of hydrogen-bond acceptors (Lipinski definition) is 4. The second-order valence-electron chi connectivity index (χ2n) is 6.11. The first-order chi connectivity index (χ1) is 13.3. The summed E-state index contributed by atoms with van der Waals surface area (Å²) in [5.74, 6) is -0.198. The Morgan fingerprint density at radius 2 is 1.74 bits per heavy atom. The van der Waals surface area contributed by atoms with Gasteiger partial charge in [-0.05, 0) is 36.4 Å². The van der Waals surface area contributed by atoms with E-state index in [2.05, 4.69) is 15.3 Å². The number of carbonyl (C=O) groups excluding carboxylic acids is 1. The molecule has 0 bridgehead atoms. The van der Waals surface area contributed by atoms with Gasteiger partial charge in [-0.25, -0.2) is 9.97 Å². The number of thiazole rings is 1. The van der Waals surface area contributed by atoms with Crippen molar-refractivity contribution in [2.24, 2.45) is 0 Å². The average molecular weight is 370 g/mol. The van der Waals surface area contributed by atoms with Crippen LogP contribution in [0.4, 0.5) is 5.69 Å². The van der Waals surface area contributed by atoms with Gasteiger partial charge in [-0.3, -0.25) is 4.79 Å². The van der Waals surface area contributed by atoms with Crippen LogP contribution < -0.4 is 5.32 Å². The largest absolute Gasteiger partial charge is 0.320 e. The Morgan fingerprint density at radius 1 is 0.926 bits per heavy atom. The van der Waals surface area contributed by atoms with Crippen molar-refractivity contribution >= 4 is 38.8 Å². The second-order valence-corrected chi connectivity index (χ2v) is 7.14. The maximum Gasteiger partial charge on any atom is 0.284 e. The first kappa shape index (κ1) is 15.7. The molecule has 5 nitrogen and oxygen atoms in total. The molecular weight excluding hydrogens is 356 g/mol. The van der Waals surface area contributed by atoms with Crippen molar-refractivity contribution in [2.75, 3.05) is 5.32 Å². The van der Waals surface area contributed by atoms with Gasteiger partial charge in [0, 0.05) is 23.6 Å². The van der Waals surface area contributed by atoms with Crippen LogP contribution in [0.25, 0.3) is 27.1 Å². The SMILES string of the molecule is O=C(Nc1ccc(-c2cn3ccccc3n2)cc1)c1nc2ccccc2s1. The summed E-state index contributed by atoms with van der Waals surface area (Å²) in [7, 11) is 0. The zero-order chi connectivity index (χ0) is 18.2. The van der Waals surface area contributed by atoms with Crippen molar-refractivity contribution in [3.63, 3.8) is 0 Å². The van der Waals surface area contributed by atoms with Crippen molar-refractivity contribution in [2.45, 2.75) is 0 Å². The normalized spacial score (nSPS) is 11.1. The Kier molecular flexibility index (Phi) is 3.69. The molecule has 0 atom stereocenters. The molecule has 0 aliphatic carbocycles. The number of anilines is 1. The van der Waals surface area contributed by atoms with Crippen LogP contribution in [-0.2, 0) is 0 Å². The van der Waals surface area contributed by atoms with Crippen LogP contribution in [0.5, 0.6) is 0 Å². The highest BCUT2D eigenvalue weighted by atomic mass is 32.1. The van der Waals surface area contributed by atoms with Crippen LogP contribution in [-0.4, -0.2) is 20.3 Å². The monoisotopic (exact) mass is 370 g/mol. The maximum atomic E-state index is 12.5. The Bertz CT molecular complexity index is 1200. The Labute approximate surface area is 159 Å². The summed E-state index contributed by atoms with van der Waals surface area (Å²) in [4.78, 5) is 21.5. The summed E-state index contributed by atoms with van der Waals surface area (Å²) in [6.45, 7) is 0. The maximum absolute atomic E-state index is 12.5. The number of aromatic nitrogens is 3. The van der Waals surface area contributed by atoms with E-state index in [1.807, 2.05) is 83.5 Å². The van der Waals surface area contributed by atoms with E-state index >= 15 is 0 Å². The van der Waals surface area contributed by atoms with Gasteiger partial charge in [0.15, 0.2) is 5.01 Å². The number of nitrogens with zero attached hydrogens (tertiary/aromatic N) is 3. The van der Waals surface area contributed by atoms with Gasteiger partial charge in [0.1, 0.15) is 5.65 Å². The van der Waals surface area contributed by atoms with E-state index in [0.717, 1.165) is 32.8 Å². The zero-order valence-electron chi connectivity index (χ0n) is 14.2. The molecule has 0 aliphatic heterocycles. The summed E-state index contributed by atoms with van der Waals surface area (Å²) >= 11 is 1.39. The number of rotatable bonds is 3. The average Bonchev–Trinajstić information content (AvgIpc) is 3.32. The lowest BCUT2D eigenvalue weighted by Gasteiger charge is -2.03. The molecule has 0 radical (unpaired) electrons. The molecule has 3 heterocycles. The van der Waals surface area contributed by atoms with Crippen LogP contribution >= 0.6 is 11.3 Å². The molecule has 0 saturated carbocycles. The van der Waals surface area contributed by atoms with Crippen molar-refractivity contribution in [3.8, 4) is 11.3 Å². The van der Waals surface area contributed by atoms with Crippen molar-refractivity contribution < 1.29 is 4.79 Å². The molecular formula is C21H14N4OS.